The first-order valence-electron chi connectivity index (χ1n) is 4.33. The maximum atomic E-state index is 11.1. The molecule has 0 aliphatic rings. The summed E-state index contributed by atoms with van der Waals surface area (Å²) in [5.41, 5.74) is 2.32. The van der Waals surface area contributed by atoms with Crippen molar-refractivity contribution in [2.24, 2.45) is 0 Å². The van der Waals surface area contributed by atoms with E-state index in [4.69, 9.17) is 0 Å². The highest BCUT2D eigenvalue weighted by atomic mass is 16.7. The lowest BCUT2D eigenvalue weighted by Gasteiger charge is -2.16. The number of nitrogens with zero attached hydrogens (tertiary/aromatic N) is 1. The van der Waals surface area contributed by atoms with Crippen molar-refractivity contribution in [2.75, 3.05) is 13.1 Å². The van der Waals surface area contributed by atoms with Crippen molar-refractivity contribution >= 4 is 17.8 Å². The first-order valence-corrected chi connectivity index (χ1v) is 4.33. The molecule has 0 radical (unpaired) electrons. The van der Waals surface area contributed by atoms with Gasteiger partial charge in [0, 0.05) is 20.4 Å². The molecule has 0 aliphatic heterocycles. The average molecular weight is 214 g/mol. The minimum atomic E-state index is -0.487. The second-order valence-corrected chi connectivity index (χ2v) is 2.70. The highest BCUT2D eigenvalue weighted by Crippen LogP contribution is 1.91. The van der Waals surface area contributed by atoms with Gasteiger partial charge >= 0.3 is 5.97 Å². The van der Waals surface area contributed by atoms with Gasteiger partial charge < -0.3 is 4.84 Å². The molecule has 0 rings (SSSR count). The molecule has 2 amide bonds. The van der Waals surface area contributed by atoms with Crippen molar-refractivity contribution in [1.82, 2.24) is 10.4 Å². The molecule has 0 fully saturated rings. The lowest BCUT2D eigenvalue weighted by atomic mass is 10.4. The molecule has 84 valence electrons. The average Bonchev–Trinajstić information content (AvgIpc) is 2.15. The maximum Gasteiger partial charge on any atom is 0.321 e. The number of imide groups is 1. The van der Waals surface area contributed by atoms with Crippen LogP contribution in [-0.4, -0.2) is 35.8 Å². The van der Waals surface area contributed by atoms with Crippen molar-refractivity contribution in [3.8, 4) is 0 Å². The second-order valence-electron chi connectivity index (χ2n) is 2.70. The molecular formula is C9H14N2O4. The standard InChI is InChI=1S/C9H14N2O4/c1-4-9(14)11(7(2)12)6-5-10-15-8(3)13/h4,10H,1,5-6H2,2-3H3. The van der Waals surface area contributed by atoms with Gasteiger partial charge in [0.1, 0.15) is 0 Å². The number of carbonyl (C=O) groups is 3. The van der Waals surface area contributed by atoms with Crippen LogP contribution in [0, 0.1) is 0 Å². The molecule has 0 aromatic heterocycles. The zero-order chi connectivity index (χ0) is 11.8. The highest BCUT2D eigenvalue weighted by Gasteiger charge is 2.13. The Labute approximate surface area is 87.8 Å². The summed E-state index contributed by atoms with van der Waals surface area (Å²) < 4.78 is 0. The number of hydrogen-bond donors (Lipinski definition) is 1. The lowest BCUT2D eigenvalue weighted by molar-refractivity contribution is -0.148. The first kappa shape index (κ1) is 13.3. The summed E-state index contributed by atoms with van der Waals surface area (Å²) in [6.45, 7) is 6.08. The van der Waals surface area contributed by atoms with E-state index in [-0.39, 0.29) is 19.0 Å². The summed E-state index contributed by atoms with van der Waals surface area (Å²) in [6.07, 6.45) is 1.05. The third-order valence-electron chi connectivity index (χ3n) is 1.47. The molecule has 0 bridgehead atoms. The number of rotatable bonds is 5. The summed E-state index contributed by atoms with van der Waals surface area (Å²) in [6, 6.07) is 0. The molecule has 0 saturated heterocycles. The van der Waals surface area contributed by atoms with Gasteiger partial charge in [0.15, 0.2) is 0 Å². The molecule has 15 heavy (non-hydrogen) atoms. The van der Waals surface area contributed by atoms with Crippen LogP contribution in [0.25, 0.3) is 0 Å². The van der Waals surface area contributed by atoms with Gasteiger partial charge in [-0.15, -0.1) is 0 Å². The Morgan fingerprint density at radius 1 is 1.40 bits per heavy atom. The van der Waals surface area contributed by atoms with E-state index in [1.165, 1.54) is 13.8 Å². The molecule has 0 spiro atoms. The Hall–Kier alpha value is -1.69. The topological polar surface area (TPSA) is 75.7 Å². The van der Waals surface area contributed by atoms with Crippen LogP contribution in [0.2, 0.25) is 0 Å². The number of amides is 2. The Morgan fingerprint density at radius 2 is 2.00 bits per heavy atom. The largest absolute Gasteiger partial charge is 0.371 e. The van der Waals surface area contributed by atoms with Crippen LogP contribution >= 0.6 is 0 Å². The van der Waals surface area contributed by atoms with Crippen LogP contribution in [0.5, 0.6) is 0 Å². The number of hydrogen-bond acceptors (Lipinski definition) is 5. The van der Waals surface area contributed by atoms with E-state index < -0.39 is 11.9 Å². The predicted molar refractivity (Wildman–Crippen MR) is 52.4 cm³/mol. The Balaban J connectivity index is 3.98. The molecule has 0 aliphatic carbocycles. The molecule has 0 atom stereocenters. The van der Waals surface area contributed by atoms with Crippen molar-refractivity contribution < 1.29 is 19.2 Å². The Morgan fingerprint density at radius 3 is 2.40 bits per heavy atom. The Kier molecular flexibility index (Phi) is 5.96. The van der Waals surface area contributed by atoms with Crippen molar-refractivity contribution in [3.05, 3.63) is 12.7 Å². The number of hydroxylamine groups is 1. The SMILES string of the molecule is C=CC(=O)N(CCNOC(C)=O)C(C)=O. The van der Waals surface area contributed by atoms with Gasteiger partial charge in [-0.05, 0) is 6.08 Å². The molecule has 0 aromatic rings. The summed E-state index contributed by atoms with van der Waals surface area (Å²) in [5, 5.41) is 0. The maximum absolute atomic E-state index is 11.1. The fourth-order valence-corrected chi connectivity index (χ4v) is 0.843. The van der Waals surface area contributed by atoms with Gasteiger partial charge in [0.2, 0.25) is 5.91 Å². The summed E-state index contributed by atoms with van der Waals surface area (Å²) >= 11 is 0. The molecule has 1 N–H and O–H groups in total. The minimum Gasteiger partial charge on any atom is -0.371 e. The van der Waals surface area contributed by atoms with Crippen molar-refractivity contribution in [1.29, 1.82) is 0 Å². The number of nitrogens with one attached hydrogen (secondary N) is 1. The smallest absolute Gasteiger partial charge is 0.321 e. The fourth-order valence-electron chi connectivity index (χ4n) is 0.843. The molecule has 0 aromatic carbocycles. The third kappa shape index (κ3) is 5.58. The minimum absolute atomic E-state index is 0.119. The molecule has 6 heteroatoms. The zero-order valence-electron chi connectivity index (χ0n) is 8.78. The van der Waals surface area contributed by atoms with E-state index in [2.05, 4.69) is 16.9 Å². The Bertz CT molecular complexity index is 275. The molecule has 0 unspecified atom stereocenters. The van der Waals surface area contributed by atoms with Gasteiger partial charge in [-0.3, -0.25) is 19.3 Å². The van der Waals surface area contributed by atoms with Gasteiger partial charge in [-0.2, -0.15) is 5.48 Å². The van der Waals surface area contributed by atoms with E-state index in [0.29, 0.717) is 0 Å². The fraction of sp³-hybridized carbons (Fsp3) is 0.444. The van der Waals surface area contributed by atoms with Crippen LogP contribution in [0.4, 0.5) is 0 Å². The summed E-state index contributed by atoms with van der Waals surface area (Å²) in [5.74, 6) is -1.35. The van der Waals surface area contributed by atoms with E-state index in [9.17, 15) is 14.4 Å². The van der Waals surface area contributed by atoms with Crippen LogP contribution in [-0.2, 0) is 19.2 Å². The summed E-state index contributed by atoms with van der Waals surface area (Å²) in [7, 11) is 0. The molecule has 0 heterocycles. The van der Waals surface area contributed by atoms with Gasteiger partial charge in [0.05, 0.1) is 6.54 Å². The van der Waals surface area contributed by atoms with Crippen LogP contribution < -0.4 is 5.48 Å². The molecule has 0 saturated carbocycles. The van der Waals surface area contributed by atoms with Crippen molar-refractivity contribution in [3.63, 3.8) is 0 Å². The van der Waals surface area contributed by atoms with Gasteiger partial charge in [-0.25, -0.2) is 0 Å². The molecular weight excluding hydrogens is 200 g/mol. The molecule has 6 nitrogen and oxygen atoms in total. The van der Waals surface area contributed by atoms with Gasteiger partial charge in [-0.1, -0.05) is 6.58 Å². The quantitative estimate of drug-likeness (QED) is 0.383. The van der Waals surface area contributed by atoms with Crippen molar-refractivity contribution in [2.45, 2.75) is 13.8 Å². The van der Waals surface area contributed by atoms with Crippen LogP contribution in [0.3, 0.4) is 0 Å². The lowest BCUT2D eigenvalue weighted by Crippen LogP contribution is -2.39. The zero-order valence-corrected chi connectivity index (χ0v) is 8.78. The van der Waals surface area contributed by atoms with Gasteiger partial charge in [0.25, 0.3) is 5.91 Å². The first-order chi connectivity index (χ1) is 6.99. The van der Waals surface area contributed by atoms with E-state index in [1.54, 1.807) is 0 Å². The van der Waals surface area contributed by atoms with E-state index in [0.717, 1.165) is 11.0 Å². The van der Waals surface area contributed by atoms with Crippen LogP contribution in [0.1, 0.15) is 13.8 Å². The third-order valence-corrected chi connectivity index (χ3v) is 1.47. The highest BCUT2D eigenvalue weighted by molar-refractivity contribution is 5.99. The normalized spacial score (nSPS) is 9.20. The summed E-state index contributed by atoms with van der Waals surface area (Å²) in [4.78, 5) is 37.9. The van der Waals surface area contributed by atoms with Crippen LogP contribution in [0.15, 0.2) is 12.7 Å². The monoisotopic (exact) mass is 214 g/mol. The second kappa shape index (κ2) is 6.72. The number of carbonyl (C=O) groups excluding carboxylic acids is 3. The van der Waals surface area contributed by atoms with E-state index >= 15 is 0 Å². The predicted octanol–water partition coefficient (Wildman–Crippen LogP) is -0.385. The van der Waals surface area contributed by atoms with E-state index in [1.807, 2.05) is 0 Å².